The number of hydrogen-bond acceptors (Lipinski definition) is 4. The summed E-state index contributed by atoms with van der Waals surface area (Å²) in [6.07, 6.45) is 2.88. The van der Waals surface area contributed by atoms with Crippen LogP contribution in [0.25, 0.3) is 50.3 Å². The molecule has 3 aromatic carbocycles. The fraction of sp³-hybridized carbons (Fsp3) is 0.0741. The Morgan fingerprint density at radius 2 is 1.28 bits per heavy atom. The summed E-state index contributed by atoms with van der Waals surface area (Å²) in [5.41, 5.74) is 3.73. The molecule has 0 spiro atoms. The van der Waals surface area contributed by atoms with Crippen LogP contribution in [0.1, 0.15) is 16.9 Å². The average Bonchev–Trinajstić information content (AvgIpc) is 3.23. The van der Waals surface area contributed by atoms with E-state index in [0.717, 1.165) is 38.8 Å². The van der Waals surface area contributed by atoms with E-state index in [1.54, 1.807) is 17.4 Å². The van der Waals surface area contributed by atoms with Gasteiger partial charge in [-0.1, -0.05) is 72.8 Å². The van der Waals surface area contributed by atoms with Crippen LogP contribution in [0.2, 0.25) is 0 Å². The van der Waals surface area contributed by atoms with Crippen LogP contribution < -0.4 is 0 Å². The minimum absolute atomic E-state index is 0.0717. The van der Waals surface area contributed by atoms with Gasteiger partial charge >= 0.3 is 0 Å². The van der Waals surface area contributed by atoms with Gasteiger partial charge in [0.15, 0.2) is 17.5 Å². The van der Waals surface area contributed by atoms with Gasteiger partial charge in [-0.05, 0) is 24.1 Å². The maximum atomic E-state index is 14.2. The number of benzene rings is 3. The molecular formula is C27H18FN3S. The predicted octanol–water partition coefficient (Wildman–Crippen LogP) is 7.34. The van der Waals surface area contributed by atoms with E-state index in [0.29, 0.717) is 23.9 Å². The first-order chi connectivity index (χ1) is 15.8. The third-order valence-electron chi connectivity index (χ3n) is 5.66. The first kappa shape index (κ1) is 19.0. The van der Waals surface area contributed by atoms with Gasteiger partial charge in [-0.2, -0.15) is 0 Å². The van der Waals surface area contributed by atoms with Crippen LogP contribution in [0.15, 0.2) is 84.7 Å². The molecule has 5 aromatic rings. The van der Waals surface area contributed by atoms with Crippen LogP contribution in [0.5, 0.6) is 0 Å². The molecule has 0 radical (unpaired) electrons. The Morgan fingerprint density at radius 1 is 0.656 bits per heavy atom. The van der Waals surface area contributed by atoms with Gasteiger partial charge in [-0.25, -0.2) is 19.3 Å². The third kappa shape index (κ3) is 3.31. The number of thiophene rings is 1. The van der Waals surface area contributed by atoms with Crippen LogP contribution in [0.3, 0.4) is 0 Å². The second-order valence-corrected chi connectivity index (χ2v) is 8.88. The number of aryl methyl sites for hydroxylation is 1. The summed E-state index contributed by atoms with van der Waals surface area (Å²) in [6.45, 7) is 0. The molecule has 1 aliphatic carbocycles. The topological polar surface area (TPSA) is 38.7 Å². The number of aromatic nitrogens is 3. The fourth-order valence-electron chi connectivity index (χ4n) is 4.14. The van der Waals surface area contributed by atoms with Crippen molar-refractivity contribution in [1.82, 2.24) is 15.0 Å². The lowest BCUT2D eigenvalue weighted by molar-refractivity contribution is 0.593. The van der Waals surface area contributed by atoms with Crippen molar-refractivity contribution in [1.29, 1.82) is 0 Å². The Hall–Kier alpha value is -3.70. The molecule has 32 heavy (non-hydrogen) atoms. The zero-order valence-corrected chi connectivity index (χ0v) is 17.9. The van der Waals surface area contributed by atoms with E-state index in [4.69, 9.17) is 15.0 Å². The van der Waals surface area contributed by atoms with Crippen molar-refractivity contribution in [2.75, 3.05) is 0 Å². The van der Waals surface area contributed by atoms with Gasteiger partial charge in [0.2, 0.25) is 0 Å². The van der Waals surface area contributed by atoms with Crippen molar-refractivity contribution < 1.29 is 4.39 Å². The molecule has 154 valence electrons. The third-order valence-corrected chi connectivity index (χ3v) is 6.89. The SMILES string of the molecule is FC1=Cc2c(sc3cccc(-c4nc(-c5ccccc5)nc(-c5ccccc5)n4)c23)CC1. The van der Waals surface area contributed by atoms with Crippen molar-refractivity contribution in [3.8, 4) is 34.2 Å². The maximum absolute atomic E-state index is 14.2. The van der Waals surface area contributed by atoms with E-state index in [-0.39, 0.29) is 5.83 Å². The lowest BCUT2D eigenvalue weighted by Crippen LogP contribution is -2.00. The van der Waals surface area contributed by atoms with Gasteiger partial charge in [-0.3, -0.25) is 0 Å². The van der Waals surface area contributed by atoms with Gasteiger partial charge in [0.1, 0.15) is 5.83 Å². The lowest BCUT2D eigenvalue weighted by atomic mass is 9.98. The van der Waals surface area contributed by atoms with Crippen molar-refractivity contribution in [3.63, 3.8) is 0 Å². The van der Waals surface area contributed by atoms with Crippen LogP contribution >= 0.6 is 11.3 Å². The highest BCUT2D eigenvalue weighted by molar-refractivity contribution is 7.19. The normalized spacial score (nSPS) is 13.1. The Kier molecular flexibility index (Phi) is 4.62. The first-order valence-electron chi connectivity index (χ1n) is 10.5. The molecular weight excluding hydrogens is 417 g/mol. The smallest absolute Gasteiger partial charge is 0.164 e. The number of fused-ring (bicyclic) bond motifs is 3. The summed E-state index contributed by atoms with van der Waals surface area (Å²) in [5.74, 6) is 1.77. The van der Waals surface area contributed by atoms with E-state index in [9.17, 15) is 4.39 Å². The number of hydrogen-bond donors (Lipinski definition) is 0. The number of rotatable bonds is 3. The molecule has 0 saturated carbocycles. The summed E-state index contributed by atoms with van der Waals surface area (Å²) in [5, 5.41) is 1.02. The predicted molar refractivity (Wildman–Crippen MR) is 129 cm³/mol. The van der Waals surface area contributed by atoms with E-state index >= 15 is 0 Å². The van der Waals surface area contributed by atoms with E-state index in [2.05, 4.69) is 6.07 Å². The summed E-state index contributed by atoms with van der Waals surface area (Å²) in [7, 11) is 0. The monoisotopic (exact) mass is 435 g/mol. The molecule has 6 rings (SSSR count). The molecule has 0 bridgehead atoms. The van der Waals surface area contributed by atoms with Gasteiger partial charge < -0.3 is 0 Å². The Balaban J connectivity index is 1.63. The molecule has 3 nitrogen and oxygen atoms in total. The minimum atomic E-state index is -0.0717. The van der Waals surface area contributed by atoms with Crippen LogP contribution in [0, 0.1) is 0 Å². The number of halogens is 1. The molecule has 2 aromatic heterocycles. The Morgan fingerprint density at radius 3 is 1.94 bits per heavy atom. The quantitative estimate of drug-likeness (QED) is 0.297. The minimum Gasteiger partial charge on any atom is -0.212 e. The standard InChI is InChI=1S/C27H18FN3S/c28-19-14-15-22-21(16-19)24-20(12-7-13-23(24)32-22)27-30-25(17-8-3-1-4-9-17)29-26(31-27)18-10-5-2-6-11-18/h1-13,16H,14-15H2. The van der Waals surface area contributed by atoms with Crippen LogP contribution in [-0.2, 0) is 6.42 Å². The van der Waals surface area contributed by atoms with Crippen molar-refractivity contribution in [3.05, 3.63) is 95.1 Å². The zero-order chi connectivity index (χ0) is 21.5. The van der Waals surface area contributed by atoms with Crippen molar-refractivity contribution in [2.45, 2.75) is 12.8 Å². The molecule has 0 N–H and O–H groups in total. The summed E-state index contributed by atoms with van der Waals surface area (Å²) in [6, 6.07) is 26.0. The van der Waals surface area contributed by atoms with Crippen molar-refractivity contribution >= 4 is 27.5 Å². The summed E-state index contributed by atoms with van der Waals surface area (Å²) < 4.78 is 15.3. The molecule has 2 heterocycles. The van der Waals surface area contributed by atoms with E-state index < -0.39 is 0 Å². The first-order valence-corrected chi connectivity index (χ1v) is 11.4. The Bertz CT molecular complexity index is 1420. The van der Waals surface area contributed by atoms with E-state index in [1.807, 2.05) is 72.8 Å². The summed E-state index contributed by atoms with van der Waals surface area (Å²) in [4.78, 5) is 15.7. The number of allylic oxidation sites excluding steroid dienone is 1. The number of nitrogens with zero attached hydrogens (tertiary/aromatic N) is 3. The van der Waals surface area contributed by atoms with Gasteiger partial charge in [0.25, 0.3) is 0 Å². The van der Waals surface area contributed by atoms with Crippen LogP contribution in [-0.4, -0.2) is 15.0 Å². The molecule has 0 aliphatic heterocycles. The molecule has 0 amide bonds. The summed E-state index contributed by atoms with van der Waals surface area (Å²) >= 11 is 1.73. The highest BCUT2D eigenvalue weighted by atomic mass is 32.1. The lowest BCUT2D eigenvalue weighted by Gasteiger charge is -2.11. The Labute approximate surface area is 189 Å². The second kappa shape index (κ2) is 7.77. The highest BCUT2D eigenvalue weighted by Crippen LogP contribution is 2.42. The molecule has 5 heteroatoms. The largest absolute Gasteiger partial charge is 0.212 e. The fourth-order valence-corrected chi connectivity index (χ4v) is 5.35. The maximum Gasteiger partial charge on any atom is 0.164 e. The molecule has 0 unspecified atom stereocenters. The molecule has 0 saturated heterocycles. The molecule has 0 fully saturated rings. The average molecular weight is 436 g/mol. The molecule has 1 aliphatic rings. The van der Waals surface area contributed by atoms with Gasteiger partial charge in [0.05, 0.1) is 0 Å². The second-order valence-electron chi connectivity index (χ2n) is 7.75. The van der Waals surface area contributed by atoms with Gasteiger partial charge in [0, 0.05) is 38.1 Å². The van der Waals surface area contributed by atoms with Gasteiger partial charge in [-0.15, -0.1) is 11.3 Å². The molecule has 0 atom stereocenters. The van der Waals surface area contributed by atoms with E-state index in [1.165, 1.54) is 4.88 Å². The van der Waals surface area contributed by atoms with Crippen LogP contribution in [0.4, 0.5) is 4.39 Å². The zero-order valence-electron chi connectivity index (χ0n) is 17.1. The van der Waals surface area contributed by atoms with Crippen molar-refractivity contribution in [2.24, 2.45) is 0 Å². The highest BCUT2D eigenvalue weighted by Gasteiger charge is 2.21.